The van der Waals surface area contributed by atoms with Crippen molar-refractivity contribution in [3.63, 3.8) is 0 Å². The summed E-state index contributed by atoms with van der Waals surface area (Å²) in [6.45, 7) is 2.24. The lowest BCUT2D eigenvalue weighted by Crippen LogP contribution is -1.97. The van der Waals surface area contributed by atoms with E-state index in [-0.39, 0.29) is 4.90 Å². The Labute approximate surface area is 139 Å². The number of hydrogen-bond donors (Lipinski definition) is 1. The quantitative estimate of drug-likeness (QED) is 0.306. The van der Waals surface area contributed by atoms with Crippen molar-refractivity contribution in [3.8, 4) is 0 Å². The SMILES string of the molecule is CCCCCCCCCCCSc1ccc(S(=O)(=O)O)cc1. The van der Waals surface area contributed by atoms with Gasteiger partial charge in [0.05, 0.1) is 4.90 Å². The maximum absolute atomic E-state index is 10.9. The predicted molar refractivity (Wildman–Crippen MR) is 94.2 cm³/mol. The first-order valence-electron chi connectivity index (χ1n) is 8.24. The van der Waals surface area contributed by atoms with Crippen LogP contribution in [0.4, 0.5) is 0 Å². The first kappa shape index (κ1) is 19.5. The predicted octanol–water partition coefficient (Wildman–Crippen LogP) is 5.56. The van der Waals surface area contributed by atoms with Crippen LogP contribution in [0.2, 0.25) is 0 Å². The van der Waals surface area contributed by atoms with E-state index in [1.807, 2.05) is 0 Å². The van der Waals surface area contributed by atoms with Gasteiger partial charge in [0, 0.05) is 4.90 Å². The number of hydrogen-bond acceptors (Lipinski definition) is 3. The van der Waals surface area contributed by atoms with Gasteiger partial charge in [-0.05, 0) is 36.4 Å². The number of unbranched alkanes of at least 4 members (excludes halogenated alkanes) is 8. The Hall–Kier alpha value is -0.520. The molecule has 1 aromatic rings. The molecule has 1 rings (SSSR count). The summed E-state index contributed by atoms with van der Waals surface area (Å²) in [7, 11) is -4.07. The van der Waals surface area contributed by atoms with Crippen molar-refractivity contribution in [3.05, 3.63) is 24.3 Å². The average Bonchev–Trinajstić information content (AvgIpc) is 2.49. The summed E-state index contributed by atoms with van der Waals surface area (Å²) in [6.07, 6.45) is 11.9. The van der Waals surface area contributed by atoms with Gasteiger partial charge < -0.3 is 0 Å². The lowest BCUT2D eigenvalue weighted by molar-refractivity contribution is 0.483. The summed E-state index contributed by atoms with van der Waals surface area (Å²) in [6, 6.07) is 6.41. The highest BCUT2D eigenvalue weighted by Crippen LogP contribution is 2.22. The molecular formula is C17H28O3S2. The number of benzene rings is 1. The Balaban J connectivity index is 2.05. The second-order valence-corrected chi connectivity index (χ2v) is 8.21. The molecule has 5 heteroatoms. The molecule has 126 valence electrons. The molecule has 0 aliphatic heterocycles. The molecule has 1 aromatic carbocycles. The molecule has 0 amide bonds. The van der Waals surface area contributed by atoms with Gasteiger partial charge in [0.2, 0.25) is 0 Å². The van der Waals surface area contributed by atoms with Gasteiger partial charge >= 0.3 is 0 Å². The fourth-order valence-electron chi connectivity index (χ4n) is 2.31. The van der Waals surface area contributed by atoms with Gasteiger partial charge in [-0.2, -0.15) is 8.42 Å². The zero-order valence-electron chi connectivity index (χ0n) is 13.5. The van der Waals surface area contributed by atoms with Gasteiger partial charge in [0.15, 0.2) is 0 Å². The zero-order chi connectivity index (χ0) is 16.3. The van der Waals surface area contributed by atoms with Crippen molar-refractivity contribution in [2.45, 2.75) is 74.5 Å². The maximum Gasteiger partial charge on any atom is 0.294 e. The van der Waals surface area contributed by atoms with Gasteiger partial charge in [-0.25, -0.2) is 0 Å². The Kier molecular flexibility index (Phi) is 9.84. The van der Waals surface area contributed by atoms with E-state index >= 15 is 0 Å². The van der Waals surface area contributed by atoms with E-state index in [1.165, 1.54) is 69.9 Å². The second-order valence-electron chi connectivity index (χ2n) is 5.62. The largest absolute Gasteiger partial charge is 0.294 e. The fourth-order valence-corrected chi connectivity index (χ4v) is 3.70. The van der Waals surface area contributed by atoms with Crippen molar-refractivity contribution in [2.75, 3.05) is 5.75 Å². The highest BCUT2D eigenvalue weighted by Gasteiger charge is 2.08. The van der Waals surface area contributed by atoms with Crippen LogP contribution in [0.1, 0.15) is 64.7 Å². The maximum atomic E-state index is 10.9. The van der Waals surface area contributed by atoms with E-state index in [9.17, 15) is 8.42 Å². The van der Waals surface area contributed by atoms with E-state index < -0.39 is 10.1 Å². The molecule has 0 unspecified atom stereocenters. The first-order valence-corrected chi connectivity index (χ1v) is 10.7. The monoisotopic (exact) mass is 344 g/mol. The molecule has 0 aliphatic carbocycles. The molecule has 0 aliphatic rings. The van der Waals surface area contributed by atoms with Crippen LogP contribution in [0.3, 0.4) is 0 Å². The second kappa shape index (κ2) is 11.1. The zero-order valence-corrected chi connectivity index (χ0v) is 15.1. The van der Waals surface area contributed by atoms with Gasteiger partial charge in [0.25, 0.3) is 10.1 Å². The lowest BCUT2D eigenvalue weighted by Gasteiger charge is -2.04. The van der Waals surface area contributed by atoms with E-state index in [1.54, 1.807) is 23.9 Å². The molecule has 0 heterocycles. The molecule has 0 radical (unpaired) electrons. The van der Waals surface area contributed by atoms with Crippen LogP contribution in [0.15, 0.2) is 34.1 Å². The third-order valence-electron chi connectivity index (χ3n) is 3.64. The minimum atomic E-state index is -4.07. The fraction of sp³-hybridized carbons (Fsp3) is 0.647. The minimum Gasteiger partial charge on any atom is -0.282 e. The van der Waals surface area contributed by atoms with Crippen LogP contribution in [-0.2, 0) is 10.1 Å². The molecule has 0 fully saturated rings. The minimum absolute atomic E-state index is 0.0417. The third kappa shape index (κ3) is 8.81. The summed E-state index contributed by atoms with van der Waals surface area (Å²) in [5.41, 5.74) is 0. The van der Waals surface area contributed by atoms with Crippen LogP contribution in [0.25, 0.3) is 0 Å². The molecule has 0 saturated heterocycles. The Morgan fingerprint density at radius 3 is 1.86 bits per heavy atom. The van der Waals surface area contributed by atoms with E-state index in [0.29, 0.717) is 0 Å². The first-order chi connectivity index (χ1) is 10.5. The highest BCUT2D eigenvalue weighted by atomic mass is 32.2. The lowest BCUT2D eigenvalue weighted by atomic mass is 10.1. The van der Waals surface area contributed by atoms with E-state index in [2.05, 4.69) is 6.92 Å². The van der Waals surface area contributed by atoms with Gasteiger partial charge in [-0.15, -0.1) is 11.8 Å². The van der Waals surface area contributed by atoms with Crippen molar-refractivity contribution >= 4 is 21.9 Å². The van der Waals surface area contributed by atoms with Crippen molar-refractivity contribution in [2.24, 2.45) is 0 Å². The average molecular weight is 345 g/mol. The molecule has 1 N–H and O–H groups in total. The molecule has 0 spiro atoms. The normalized spacial score (nSPS) is 11.7. The van der Waals surface area contributed by atoms with Crippen LogP contribution in [0, 0.1) is 0 Å². The van der Waals surface area contributed by atoms with E-state index in [4.69, 9.17) is 4.55 Å². The van der Waals surface area contributed by atoms with Crippen LogP contribution in [0.5, 0.6) is 0 Å². The Bertz CT molecular complexity index is 495. The Morgan fingerprint density at radius 1 is 0.864 bits per heavy atom. The topological polar surface area (TPSA) is 54.4 Å². The smallest absolute Gasteiger partial charge is 0.282 e. The third-order valence-corrected chi connectivity index (χ3v) is 5.60. The summed E-state index contributed by atoms with van der Waals surface area (Å²) in [5.74, 6) is 1.06. The molecular weight excluding hydrogens is 316 g/mol. The van der Waals surface area contributed by atoms with Crippen molar-refractivity contribution in [1.29, 1.82) is 0 Å². The molecule has 3 nitrogen and oxygen atoms in total. The molecule has 0 bridgehead atoms. The summed E-state index contributed by atoms with van der Waals surface area (Å²) >= 11 is 1.74. The van der Waals surface area contributed by atoms with Gasteiger partial charge in [-0.1, -0.05) is 58.3 Å². The molecule has 0 atom stereocenters. The molecule has 22 heavy (non-hydrogen) atoms. The van der Waals surface area contributed by atoms with Crippen LogP contribution in [-0.4, -0.2) is 18.7 Å². The summed E-state index contributed by atoms with van der Waals surface area (Å²) < 4.78 is 30.8. The van der Waals surface area contributed by atoms with Crippen LogP contribution < -0.4 is 0 Å². The van der Waals surface area contributed by atoms with Crippen molar-refractivity contribution < 1.29 is 13.0 Å². The van der Waals surface area contributed by atoms with Gasteiger partial charge in [-0.3, -0.25) is 4.55 Å². The summed E-state index contributed by atoms with van der Waals surface area (Å²) in [4.78, 5) is 1.01. The molecule has 0 saturated carbocycles. The van der Waals surface area contributed by atoms with E-state index in [0.717, 1.165) is 10.6 Å². The number of rotatable bonds is 12. The molecule has 0 aromatic heterocycles. The van der Waals surface area contributed by atoms with Crippen LogP contribution >= 0.6 is 11.8 Å². The van der Waals surface area contributed by atoms with Gasteiger partial charge in [0.1, 0.15) is 0 Å². The van der Waals surface area contributed by atoms with Crippen molar-refractivity contribution in [1.82, 2.24) is 0 Å². The Morgan fingerprint density at radius 2 is 1.36 bits per heavy atom. The highest BCUT2D eigenvalue weighted by molar-refractivity contribution is 7.99. The summed E-state index contributed by atoms with van der Waals surface area (Å²) in [5, 5.41) is 0. The standard InChI is InChI=1S/C17H28O3S2/c1-2-3-4-5-6-7-8-9-10-15-21-16-11-13-17(14-12-16)22(18,19)20/h11-14H,2-10,15H2,1H3,(H,18,19,20). The number of thioether (sulfide) groups is 1.